The maximum atomic E-state index is 2.69. The van der Waals surface area contributed by atoms with E-state index in [4.69, 9.17) is 0 Å². The molecule has 0 unspecified atom stereocenters. The third-order valence-electron chi connectivity index (χ3n) is 14.8. The number of anilines is 6. The van der Waals surface area contributed by atoms with E-state index in [1.54, 1.807) is 0 Å². The molecule has 0 bridgehead atoms. The van der Waals surface area contributed by atoms with Crippen LogP contribution in [0.3, 0.4) is 0 Å². The Morgan fingerprint density at radius 1 is 0.540 bits per heavy atom. The van der Waals surface area contributed by atoms with E-state index in [-0.39, 0.29) is 33.8 Å². The van der Waals surface area contributed by atoms with E-state index < -0.39 is 0 Å². The fourth-order valence-corrected chi connectivity index (χ4v) is 12.1. The van der Waals surface area contributed by atoms with Crippen molar-refractivity contribution in [2.75, 3.05) is 9.80 Å². The lowest BCUT2D eigenvalue weighted by molar-refractivity contribution is 0.332. The zero-order valence-corrected chi connectivity index (χ0v) is 41.1. The predicted octanol–water partition coefficient (Wildman–Crippen LogP) is 15.2. The van der Waals surface area contributed by atoms with Crippen molar-refractivity contribution in [2.45, 2.75) is 137 Å². The summed E-state index contributed by atoms with van der Waals surface area (Å²) < 4.78 is 2.79. The maximum Gasteiger partial charge on any atom is 0.264 e. The summed E-state index contributed by atoms with van der Waals surface area (Å²) in [4.78, 5) is 5.35. The Balaban J connectivity index is 1.37. The van der Waals surface area contributed by atoms with Crippen LogP contribution >= 0.6 is 11.3 Å². The maximum absolute atomic E-state index is 2.69. The van der Waals surface area contributed by atoms with Gasteiger partial charge in [0.2, 0.25) is 0 Å². The number of hydrogen-bond acceptors (Lipinski definition) is 3. The fraction of sp³-hybridized carbons (Fsp3) is 0.356. The van der Waals surface area contributed by atoms with Crippen molar-refractivity contribution in [3.63, 3.8) is 0 Å². The molecule has 0 N–H and O–H groups in total. The number of fused-ring (bicyclic) bond motifs is 7. The Morgan fingerprint density at radius 3 is 1.78 bits per heavy atom. The normalized spacial score (nSPS) is 16.4. The summed E-state index contributed by atoms with van der Waals surface area (Å²) in [6.45, 7) is 33.3. The Hall–Kier alpha value is -5.06. The van der Waals surface area contributed by atoms with Crippen LogP contribution in [0.4, 0.5) is 34.1 Å². The van der Waals surface area contributed by atoms with Gasteiger partial charge in [0.25, 0.3) is 6.71 Å². The number of hydrogen-bond donors (Lipinski definition) is 0. The van der Waals surface area contributed by atoms with E-state index in [1.807, 2.05) is 11.3 Å². The molecule has 4 heteroatoms. The van der Waals surface area contributed by atoms with Gasteiger partial charge in [-0.3, -0.25) is 0 Å². The number of thiophene rings is 1. The van der Waals surface area contributed by atoms with Gasteiger partial charge in [-0.05, 0) is 151 Å². The third-order valence-corrected chi connectivity index (χ3v) is 16.0. The van der Waals surface area contributed by atoms with Crippen LogP contribution in [0, 0.1) is 6.92 Å². The van der Waals surface area contributed by atoms with Crippen LogP contribution in [-0.2, 0) is 27.1 Å². The van der Waals surface area contributed by atoms with Crippen molar-refractivity contribution in [3.05, 3.63) is 149 Å². The molecule has 320 valence electrons. The molecule has 0 fully saturated rings. The molecule has 0 amide bonds. The van der Waals surface area contributed by atoms with E-state index in [0.717, 1.165) is 0 Å². The monoisotopic (exact) mass is 844 g/mol. The first kappa shape index (κ1) is 41.9. The molecule has 2 aliphatic heterocycles. The Morgan fingerprint density at radius 2 is 1.13 bits per heavy atom. The van der Waals surface area contributed by atoms with Crippen molar-refractivity contribution in [1.82, 2.24) is 0 Å². The van der Waals surface area contributed by atoms with E-state index in [1.165, 1.54) is 117 Å². The highest BCUT2D eigenvalue weighted by Crippen LogP contribution is 2.53. The van der Waals surface area contributed by atoms with Crippen molar-refractivity contribution < 1.29 is 0 Å². The molecule has 7 aromatic rings. The molecule has 1 aromatic heterocycles. The standard InChI is InChI=1S/C59H65BN2S/c1-36-29-49-52-50(30-36)62(47-25-23-39(56(5,6)7)32-42(47)37-19-16-15-17-20-37)48-35-45-44(58(11,12)27-28-59(45,13)14)34-46(48)60(52)54-53(43-33-40(57(8,9)10)24-26-51(43)63-54)61(49)41-22-18-21-38(31-41)55(2,3)4/h15-26,29-35H,27-28H2,1-14H3. The molecule has 0 saturated heterocycles. The Labute approximate surface area is 382 Å². The minimum Gasteiger partial charge on any atom is -0.311 e. The average Bonchev–Trinajstić information content (AvgIpc) is 3.60. The van der Waals surface area contributed by atoms with Gasteiger partial charge >= 0.3 is 0 Å². The van der Waals surface area contributed by atoms with Crippen LogP contribution in [-0.4, -0.2) is 6.71 Å². The molecule has 63 heavy (non-hydrogen) atoms. The summed E-state index contributed by atoms with van der Waals surface area (Å²) in [5.74, 6) is 0. The van der Waals surface area contributed by atoms with Gasteiger partial charge in [0, 0.05) is 43.2 Å². The molecule has 10 rings (SSSR count). The molecule has 6 aromatic carbocycles. The van der Waals surface area contributed by atoms with Crippen LogP contribution in [0.15, 0.2) is 115 Å². The topological polar surface area (TPSA) is 6.48 Å². The van der Waals surface area contributed by atoms with Crippen LogP contribution in [0.1, 0.15) is 136 Å². The second-order valence-corrected chi connectivity index (χ2v) is 24.6. The molecule has 3 heterocycles. The summed E-state index contributed by atoms with van der Waals surface area (Å²) in [5, 5.41) is 1.35. The summed E-state index contributed by atoms with van der Waals surface area (Å²) in [6, 6.07) is 45.4. The lowest BCUT2D eigenvalue weighted by atomic mass is 9.35. The Kier molecular flexibility index (Phi) is 9.30. The first-order valence-corrected chi connectivity index (χ1v) is 24.2. The Bertz CT molecular complexity index is 2980. The number of benzene rings is 6. The van der Waals surface area contributed by atoms with Crippen molar-refractivity contribution in [3.8, 4) is 11.1 Å². The van der Waals surface area contributed by atoms with Gasteiger partial charge in [-0.15, -0.1) is 11.3 Å². The molecular weight excluding hydrogens is 780 g/mol. The first-order valence-electron chi connectivity index (χ1n) is 23.3. The highest BCUT2D eigenvalue weighted by atomic mass is 32.1. The third kappa shape index (κ3) is 6.72. The second kappa shape index (κ2) is 14.0. The lowest BCUT2D eigenvalue weighted by Crippen LogP contribution is -2.61. The van der Waals surface area contributed by atoms with Crippen LogP contribution in [0.25, 0.3) is 21.2 Å². The number of nitrogens with zero attached hydrogens (tertiary/aromatic N) is 2. The van der Waals surface area contributed by atoms with E-state index >= 15 is 0 Å². The van der Waals surface area contributed by atoms with Crippen LogP contribution < -0.4 is 25.5 Å². The molecule has 0 saturated carbocycles. The molecule has 0 radical (unpaired) electrons. The molecule has 0 spiro atoms. The van der Waals surface area contributed by atoms with Gasteiger partial charge < -0.3 is 9.80 Å². The molecular formula is C59H65BN2S. The van der Waals surface area contributed by atoms with Gasteiger partial charge in [-0.25, -0.2) is 0 Å². The summed E-state index contributed by atoms with van der Waals surface area (Å²) in [5.41, 5.74) is 21.5. The SMILES string of the molecule is Cc1cc2c3c(c1)N(c1cccc(C(C)(C)C)c1)c1c(sc4ccc(C(C)(C)C)cc14)B3c1cc3c(cc1N2c1ccc(C(C)(C)C)cc1-c1ccccc1)C(C)(C)CCC3(C)C. The quantitative estimate of drug-likeness (QED) is 0.164. The van der Waals surface area contributed by atoms with Crippen molar-refractivity contribution in [2.24, 2.45) is 0 Å². The smallest absolute Gasteiger partial charge is 0.264 e. The van der Waals surface area contributed by atoms with Gasteiger partial charge in [-0.2, -0.15) is 0 Å². The van der Waals surface area contributed by atoms with Crippen molar-refractivity contribution >= 4 is 78.0 Å². The zero-order chi connectivity index (χ0) is 44.8. The van der Waals surface area contributed by atoms with Crippen molar-refractivity contribution in [1.29, 1.82) is 0 Å². The van der Waals surface area contributed by atoms with Crippen LogP contribution in [0.2, 0.25) is 0 Å². The molecule has 3 aliphatic rings. The average molecular weight is 845 g/mol. The van der Waals surface area contributed by atoms with Crippen LogP contribution in [0.5, 0.6) is 0 Å². The second-order valence-electron chi connectivity index (χ2n) is 23.5. The predicted molar refractivity (Wildman–Crippen MR) is 277 cm³/mol. The minimum atomic E-state index is -0.00331. The lowest BCUT2D eigenvalue weighted by Gasteiger charge is -2.47. The highest BCUT2D eigenvalue weighted by Gasteiger charge is 2.48. The number of aryl methyl sites for hydroxylation is 1. The van der Waals surface area contributed by atoms with Gasteiger partial charge in [0.15, 0.2) is 0 Å². The summed E-state index contributed by atoms with van der Waals surface area (Å²) in [6.07, 6.45) is 2.35. The van der Waals surface area contributed by atoms with Gasteiger partial charge in [0.05, 0.1) is 11.4 Å². The largest absolute Gasteiger partial charge is 0.311 e. The van der Waals surface area contributed by atoms with E-state index in [9.17, 15) is 0 Å². The molecule has 1 aliphatic carbocycles. The fourth-order valence-electron chi connectivity index (χ4n) is 10.8. The van der Waals surface area contributed by atoms with E-state index in [0.29, 0.717) is 0 Å². The summed E-state index contributed by atoms with van der Waals surface area (Å²) >= 11 is 2.01. The van der Waals surface area contributed by atoms with Gasteiger partial charge in [-0.1, -0.05) is 151 Å². The first-order chi connectivity index (χ1) is 29.5. The summed E-state index contributed by atoms with van der Waals surface area (Å²) in [7, 11) is 0. The van der Waals surface area contributed by atoms with E-state index in [2.05, 4.69) is 222 Å². The van der Waals surface area contributed by atoms with Gasteiger partial charge in [0.1, 0.15) is 0 Å². The molecule has 2 nitrogen and oxygen atoms in total. The minimum absolute atomic E-state index is 0.00177. The number of rotatable bonds is 3. The highest BCUT2D eigenvalue weighted by molar-refractivity contribution is 7.33. The zero-order valence-electron chi connectivity index (χ0n) is 40.3. The molecule has 0 atom stereocenters.